The molecule has 4 aromatic heterocycles. The maximum Gasteiger partial charge on any atom is 0.160 e. The third kappa shape index (κ3) is 16.2. The first kappa shape index (κ1) is 78.1. The van der Waals surface area contributed by atoms with Crippen molar-refractivity contribution in [1.29, 1.82) is 0 Å². The number of fused-ring (bicyclic) bond motifs is 12. The summed E-state index contributed by atoms with van der Waals surface area (Å²) in [6, 6.07) is 91.8. The molecule has 6 heteroatoms. The maximum atomic E-state index is 6.50. The average molecular weight is 1540 g/mol. The van der Waals surface area contributed by atoms with Gasteiger partial charge in [0.15, 0.2) is 11.6 Å². The largest absolute Gasteiger partial charge is 0.456 e. The fourth-order valence-electron chi connectivity index (χ4n) is 19.7. The molecule has 0 aliphatic heterocycles. The summed E-state index contributed by atoms with van der Waals surface area (Å²) in [4.78, 5) is 22.4. The molecule has 0 amide bonds. The average Bonchev–Trinajstić information content (AvgIpc) is 1.57. The monoisotopic (exact) mass is 1540 g/mol. The predicted octanol–water partition coefficient (Wildman–Crippen LogP) is 33.0. The van der Waals surface area contributed by atoms with Crippen molar-refractivity contribution in [2.24, 2.45) is 0 Å². The zero-order valence-corrected chi connectivity index (χ0v) is 70.3. The van der Waals surface area contributed by atoms with Crippen molar-refractivity contribution < 1.29 is 4.42 Å². The van der Waals surface area contributed by atoms with Crippen molar-refractivity contribution in [2.45, 2.75) is 232 Å². The number of unbranched alkanes of at least 4 members (excludes halogenated alkanes) is 20. The van der Waals surface area contributed by atoms with Crippen molar-refractivity contribution in [3.8, 4) is 112 Å². The van der Waals surface area contributed by atoms with Crippen LogP contribution in [0.1, 0.15) is 241 Å². The molecule has 0 fully saturated rings. The van der Waals surface area contributed by atoms with Crippen LogP contribution in [-0.4, -0.2) is 19.9 Å². The van der Waals surface area contributed by atoms with Gasteiger partial charge in [0.2, 0.25) is 0 Å². The Labute approximate surface area is 693 Å². The molecule has 0 atom stereocenters. The van der Waals surface area contributed by atoms with Gasteiger partial charge in [-0.25, -0.2) is 19.9 Å². The number of furan rings is 1. The number of hydrogen-bond acceptors (Lipinski definition) is 6. The van der Waals surface area contributed by atoms with E-state index in [0.717, 1.165) is 110 Å². The van der Waals surface area contributed by atoms with Crippen LogP contribution in [0.2, 0.25) is 0 Å². The fourth-order valence-corrected chi connectivity index (χ4v) is 20.8. The van der Waals surface area contributed by atoms with E-state index < -0.39 is 0 Å². The Morgan fingerprint density at radius 3 is 1.19 bits per heavy atom. The third-order valence-electron chi connectivity index (χ3n) is 26.1. The minimum Gasteiger partial charge on any atom is -0.456 e. The van der Waals surface area contributed by atoms with Gasteiger partial charge in [0.1, 0.15) is 11.2 Å². The second kappa shape index (κ2) is 35.6. The molecule has 11 aromatic carbocycles. The van der Waals surface area contributed by atoms with E-state index >= 15 is 0 Å². The Morgan fingerprint density at radius 1 is 0.250 bits per heavy atom. The van der Waals surface area contributed by atoms with E-state index in [9.17, 15) is 0 Å². The lowest BCUT2D eigenvalue weighted by Gasteiger charge is -2.33. The van der Waals surface area contributed by atoms with Gasteiger partial charge in [-0.05, 0) is 179 Å². The van der Waals surface area contributed by atoms with Crippen LogP contribution in [-0.2, 0) is 10.8 Å². The Hall–Kier alpha value is -10.4. The van der Waals surface area contributed by atoms with E-state index in [1.807, 2.05) is 11.3 Å². The molecule has 0 spiro atoms. The topological polar surface area (TPSA) is 64.7 Å². The zero-order valence-electron chi connectivity index (χ0n) is 69.5. The molecule has 2 aliphatic carbocycles. The molecule has 2 aliphatic rings. The standard InChI is InChI=1S/C110H114N4OS/c1-7-11-15-19-23-32-61-109(62-33-24-20-16-12-8-2)95-65-76(6)45-56-87(95)89-58-53-84(69-97(89)109)101-73-102(114-108(113-101)86-55-60-105-93(67-86)94-71-92-91-41-30-31-42-103(91)115-104(92)74-106(94)116-105)85-54-59-90-88-57-52-82(68-96(88)110(98(90)70-85,63-34-25-21-17-13-9-3)64-35-26-22-18-14-10-4)81-39-36-40-83(66-81)100-72-99(111-107(112-100)80-37-28-27-29-38-80)79-50-48-78(49-51-79)77-46-43-75(5)44-47-77/h27-31,36-60,65-74H,7-26,32-35,61-64H2,1-6H3. The lowest BCUT2D eigenvalue weighted by Crippen LogP contribution is -2.26. The number of para-hydroxylation sites is 1. The summed E-state index contributed by atoms with van der Waals surface area (Å²) in [5, 5.41) is 4.74. The molecule has 116 heavy (non-hydrogen) atoms. The first-order chi connectivity index (χ1) is 57.1. The van der Waals surface area contributed by atoms with Crippen LogP contribution in [0.5, 0.6) is 0 Å². The van der Waals surface area contributed by atoms with Gasteiger partial charge in [0.25, 0.3) is 0 Å². The van der Waals surface area contributed by atoms with Gasteiger partial charge in [0, 0.05) is 75.2 Å². The van der Waals surface area contributed by atoms with Crippen LogP contribution >= 0.6 is 11.3 Å². The van der Waals surface area contributed by atoms with Gasteiger partial charge in [-0.15, -0.1) is 11.3 Å². The SMILES string of the molecule is CCCCCCCCC1(CCCCCCCC)c2cc(C)ccc2-c2ccc(-c3cc(-c4ccc5c(c4)C(CCCCCCCC)(CCCCCCCC)c4cc(-c6cccc(-c7cc(-c8ccc(-c9ccc(C)cc9)cc8)nc(-c8ccccc8)n7)c6)ccc4-5)nc(-c4ccc5sc6cc7oc8ccccc8c7cc6c5c4)n3)cc21. The molecule has 586 valence electrons. The molecule has 0 saturated heterocycles. The summed E-state index contributed by atoms with van der Waals surface area (Å²) in [5.74, 6) is 1.47. The summed E-state index contributed by atoms with van der Waals surface area (Å²) in [6.45, 7) is 13.8. The highest BCUT2D eigenvalue weighted by Gasteiger charge is 2.45. The summed E-state index contributed by atoms with van der Waals surface area (Å²) in [7, 11) is 0. The number of benzene rings is 11. The van der Waals surface area contributed by atoms with E-state index in [4.69, 9.17) is 24.4 Å². The summed E-state index contributed by atoms with van der Waals surface area (Å²) >= 11 is 1.84. The zero-order chi connectivity index (χ0) is 79.0. The Morgan fingerprint density at radius 2 is 0.638 bits per heavy atom. The van der Waals surface area contributed by atoms with E-state index in [-0.39, 0.29) is 10.8 Å². The number of aromatic nitrogens is 4. The molecular weight excluding hydrogens is 1430 g/mol. The third-order valence-corrected chi connectivity index (χ3v) is 27.2. The highest BCUT2D eigenvalue weighted by atomic mass is 32.1. The second-order valence-corrected chi connectivity index (χ2v) is 35.2. The van der Waals surface area contributed by atoms with E-state index in [1.165, 1.54) is 247 Å². The van der Waals surface area contributed by atoms with Gasteiger partial charge in [-0.3, -0.25) is 0 Å². The summed E-state index contributed by atoms with van der Waals surface area (Å²) < 4.78 is 8.96. The number of thiophene rings is 1. The first-order valence-corrected chi connectivity index (χ1v) is 45.4. The normalized spacial score (nSPS) is 13.2. The number of hydrogen-bond donors (Lipinski definition) is 0. The molecule has 0 radical (unpaired) electrons. The molecule has 0 unspecified atom stereocenters. The summed E-state index contributed by atoms with van der Waals surface area (Å²) in [5.41, 5.74) is 30.6. The molecule has 15 aromatic rings. The number of aryl methyl sites for hydroxylation is 2. The molecule has 5 nitrogen and oxygen atoms in total. The quantitative estimate of drug-likeness (QED) is 0.0366. The number of rotatable bonds is 36. The van der Waals surface area contributed by atoms with E-state index in [1.54, 1.807) is 5.56 Å². The molecule has 17 rings (SSSR count). The highest BCUT2D eigenvalue weighted by molar-refractivity contribution is 7.25. The Bertz CT molecular complexity index is 5930. The predicted molar refractivity (Wildman–Crippen MR) is 495 cm³/mol. The smallest absolute Gasteiger partial charge is 0.160 e. The van der Waals surface area contributed by atoms with Gasteiger partial charge in [0.05, 0.1) is 22.8 Å². The molecule has 0 N–H and O–H groups in total. The Balaban J connectivity index is 0.802. The van der Waals surface area contributed by atoms with E-state index in [0.29, 0.717) is 5.82 Å². The van der Waals surface area contributed by atoms with Crippen LogP contribution < -0.4 is 0 Å². The van der Waals surface area contributed by atoms with Crippen molar-refractivity contribution in [2.75, 3.05) is 0 Å². The fraction of sp³-hybridized carbons (Fsp3) is 0.327. The van der Waals surface area contributed by atoms with Crippen LogP contribution in [0.15, 0.2) is 247 Å². The van der Waals surface area contributed by atoms with Gasteiger partial charge in [-0.2, -0.15) is 0 Å². The van der Waals surface area contributed by atoms with Crippen molar-refractivity contribution in [3.63, 3.8) is 0 Å². The van der Waals surface area contributed by atoms with Crippen LogP contribution in [0.3, 0.4) is 0 Å². The van der Waals surface area contributed by atoms with Gasteiger partial charge in [-0.1, -0.05) is 363 Å². The van der Waals surface area contributed by atoms with Crippen molar-refractivity contribution in [3.05, 3.63) is 276 Å². The van der Waals surface area contributed by atoms with Crippen LogP contribution in [0.4, 0.5) is 0 Å². The number of nitrogens with zero attached hydrogens (tertiary/aromatic N) is 4. The Kier molecular flexibility index (Phi) is 24.0. The van der Waals surface area contributed by atoms with Crippen molar-refractivity contribution >= 4 is 53.4 Å². The molecular formula is C110H114N4OS. The van der Waals surface area contributed by atoms with E-state index in [2.05, 4.69) is 284 Å². The maximum absolute atomic E-state index is 6.50. The van der Waals surface area contributed by atoms with Crippen LogP contribution in [0.25, 0.3) is 154 Å². The lowest BCUT2D eigenvalue weighted by molar-refractivity contribution is 0.398. The van der Waals surface area contributed by atoms with Crippen molar-refractivity contribution in [1.82, 2.24) is 19.9 Å². The minimum absolute atomic E-state index is 0.0885. The molecule has 4 heterocycles. The second-order valence-electron chi connectivity index (χ2n) is 34.1. The molecule has 0 saturated carbocycles. The van der Waals surface area contributed by atoms with Crippen LogP contribution in [0, 0.1) is 13.8 Å². The molecule has 0 bridgehead atoms. The summed E-state index contributed by atoms with van der Waals surface area (Å²) in [6.07, 6.45) is 34.9. The van der Waals surface area contributed by atoms with Gasteiger partial charge >= 0.3 is 0 Å². The highest BCUT2D eigenvalue weighted by Crippen LogP contribution is 2.58. The minimum atomic E-state index is -0.233. The first-order valence-electron chi connectivity index (χ1n) is 44.5. The lowest BCUT2D eigenvalue weighted by atomic mass is 9.70. The van der Waals surface area contributed by atoms with Gasteiger partial charge < -0.3 is 4.42 Å².